The topological polar surface area (TPSA) is 84.0 Å². The highest BCUT2D eigenvalue weighted by molar-refractivity contribution is 7.13. The van der Waals surface area contributed by atoms with Gasteiger partial charge in [0.25, 0.3) is 11.8 Å². The summed E-state index contributed by atoms with van der Waals surface area (Å²) < 4.78 is 0. The molecule has 0 aliphatic heterocycles. The number of aromatic nitrogens is 2. The zero-order valence-electron chi connectivity index (χ0n) is 11.9. The van der Waals surface area contributed by atoms with E-state index in [2.05, 4.69) is 20.6 Å². The average molecular weight is 324 g/mol. The molecule has 2 N–H and O–H groups in total. The molecular formula is C16H12N4O2S. The van der Waals surface area contributed by atoms with Crippen molar-refractivity contribution < 1.29 is 9.59 Å². The molecule has 0 atom stereocenters. The van der Waals surface area contributed by atoms with Crippen molar-refractivity contribution in [2.75, 3.05) is 10.6 Å². The first-order valence-corrected chi connectivity index (χ1v) is 7.64. The third-order valence-corrected chi connectivity index (χ3v) is 3.65. The lowest BCUT2D eigenvalue weighted by molar-refractivity contribution is 0.102. The number of nitrogens with one attached hydrogen (secondary N) is 2. The van der Waals surface area contributed by atoms with E-state index >= 15 is 0 Å². The molecule has 3 rings (SSSR count). The van der Waals surface area contributed by atoms with Crippen LogP contribution in [0.1, 0.15) is 20.8 Å². The van der Waals surface area contributed by atoms with Crippen molar-refractivity contribution in [3.63, 3.8) is 0 Å². The summed E-state index contributed by atoms with van der Waals surface area (Å²) in [5.41, 5.74) is 0.977. The lowest BCUT2D eigenvalue weighted by Crippen LogP contribution is -2.19. The zero-order valence-corrected chi connectivity index (χ0v) is 12.7. The summed E-state index contributed by atoms with van der Waals surface area (Å²) in [5, 5.41) is 7.58. The van der Waals surface area contributed by atoms with E-state index in [-0.39, 0.29) is 11.6 Å². The van der Waals surface area contributed by atoms with Crippen molar-refractivity contribution in [1.82, 2.24) is 9.97 Å². The van der Waals surface area contributed by atoms with Crippen molar-refractivity contribution in [2.45, 2.75) is 0 Å². The van der Waals surface area contributed by atoms with E-state index in [0.29, 0.717) is 16.4 Å². The summed E-state index contributed by atoms with van der Waals surface area (Å²) in [6, 6.07) is 12.0. The van der Waals surface area contributed by atoms with Gasteiger partial charge in [-0.1, -0.05) is 18.2 Å². The zero-order chi connectivity index (χ0) is 16.1. The molecule has 0 unspecified atom stereocenters. The van der Waals surface area contributed by atoms with Gasteiger partial charge in [-0.3, -0.25) is 14.9 Å². The fraction of sp³-hybridized carbons (Fsp3) is 0. The number of rotatable bonds is 4. The van der Waals surface area contributed by atoms with E-state index in [9.17, 15) is 9.59 Å². The highest BCUT2D eigenvalue weighted by atomic mass is 32.1. The number of thiazole rings is 1. The molecule has 0 saturated carbocycles. The second-order valence-electron chi connectivity index (χ2n) is 4.51. The molecule has 0 radical (unpaired) electrons. The van der Waals surface area contributed by atoms with Gasteiger partial charge in [-0.05, 0) is 24.3 Å². The van der Waals surface area contributed by atoms with Gasteiger partial charge in [0.15, 0.2) is 10.8 Å². The Morgan fingerprint density at radius 2 is 1.70 bits per heavy atom. The van der Waals surface area contributed by atoms with Crippen LogP contribution in [0.25, 0.3) is 0 Å². The molecule has 23 heavy (non-hydrogen) atoms. The summed E-state index contributed by atoms with van der Waals surface area (Å²) >= 11 is 1.30. The van der Waals surface area contributed by atoms with E-state index in [0.717, 1.165) is 0 Å². The number of hydrogen-bond donors (Lipinski definition) is 2. The fourth-order valence-corrected chi connectivity index (χ4v) is 2.44. The SMILES string of the molecule is O=C(Nc1cccnc1C(=O)Nc1nccs1)c1ccccc1. The molecule has 0 aliphatic rings. The quantitative estimate of drug-likeness (QED) is 0.772. The van der Waals surface area contributed by atoms with E-state index in [1.165, 1.54) is 17.5 Å². The molecular weight excluding hydrogens is 312 g/mol. The lowest BCUT2D eigenvalue weighted by atomic mass is 10.2. The molecule has 114 valence electrons. The molecule has 0 saturated heterocycles. The van der Waals surface area contributed by atoms with Crippen LogP contribution >= 0.6 is 11.3 Å². The van der Waals surface area contributed by atoms with Crippen molar-refractivity contribution in [2.24, 2.45) is 0 Å². The highest BCUT2D eigenvalue weighted by Gasteiger charge is 2.16. The van der Waals surface area contributed by atoms with Crippen LogP contribution in [-0.4, -0.2) is 21.8 Å². The van der Waals surface area contributed by atoms with Crippen LogP contribution in [0.15, 0.2) is 60.2 Å². The van der Waals surface area contributed by atoms with Crippen LogP contribution in [0.3, 0.4) is 0 Å². The average Bonchev–Trinajstić information content (AvgIpc) is 3.09. The summed E-state index contributed by atoms with van der Waals surface area (Å²) in [7, 11) is 0. The Kier molecular flexibility index (Phi) is 4.39. The Bertz CT molecular complexity index is 819. The van der Waals surface area contributed by atoms with Gasteiger partial charge in [0, 0.05) is 23.3 Å². The largest absolute Gasteiger partial charge is 0.320 e. The number of nitrogens with zero attached hydrogens (tertiary/aromatic N) is 2. The maximum atomic E-state index is 12.3. The molecule has 0 aliphatic carbocycles. The standard InChI is InChI=1S/C16H12N4O2S/c21-14(11-5-2-1-3-6-11)19-12-7-4-8-17-13(12)15(22)20-16-18-9-10-23-16/h1-10H,(H,19,21)(H,18,20,22). The maximum Gasteiger partial charge on any atom is 0.278 e. The molecule has 2 amide bonds. The normalized spacial score (nSPS) is 10.1. The third-order valence-electron chi connectivity index (χ3n) is 2.96. The number of amides is 2. The number of pyridine rings is 1. The Labute approximate surface area is 136 Å². The summed E-state index contributed by atoms with van der Waals surface area (Å²) in [6.45, 7) is 0. The fourth-order valence-electron chi connectivity index (χ4n) is 1.91. The number of benzene rings is 1. The number of carbonyl (C=O) groups excluding carboxylic acids is 2. The first kappa shape index (κ1) is 14.9. The molecule has 7 heteroatoms. The van der Waals surface area contributed by atoms with Crippen molar-refractivity contribution >= 4 is 34.0 Å². The van der Waals surface area contributed by atoms with Gasteiger partial charge in [0.2, 0.25) is 0 Å². The Morgan fingerprint density at radius 1 is 0.870 bits per heavy atom. The predicted octanol–water partition coefficient (Wildman–Crippen LogP) is 3.04. The van der Waals surface area contributed by atoms with Gasteiger partial charge in [0.05, 0.1) is 5.69 Å². The smallest absolute Gasteiger partial charge is 0.278 e. The molecule has 1 aromatic carbocycles. The van der Waals surface area contributed by atoms with Crippen LogP contribution in [0.2, 0.25) is 0 Å². The van der Waals surface area contributed by atoms with Gasteiger partial charge >= 0.3 is 0 Å². The van der Waals surface area contributed by atoms with Crippen molar-refractivity contribution in [3.05, 3.63) is 71.5 Å². The molecule has 6 nitrogen and oxygen atoms in total. The highest BCUT2D eigenvalue weighted by Crippen LogP contribution is 2.17. The molecule has 0 spiro atoms. The molecule has 0 bridgehead atoms. The van der Waals surface area contributed by atoms with Crippen molar-refractivity contribution in [3.8, 4) is 0 Å². The van der Waals surface area contributed by atoms with Crippen molar-refractivity contribution in [1.29, 1.82) is 0 Å². The minimum Gasteiger partial charge on any atom is -0.320 e. The van der Waals surface area contributed by atoms with Gasteiger partial charge in [-0.2, -0.15) is 0 Å². The maximum absolute atomic E-state index is 12.3. The summed E-state index contributed by atoms with van der Waals surface area (Å²) in [6.07, 6.45) is 3.09. The summed E-state index contributed by atoms with van der Waals surface area (Å²) in [5.74, 6) is -0.731. The second-order valence-corrected chi connectivity index (χ2v) is 5.41. The first-order chi connectivity index (χ1) is 11.2. The van der Waals surface area contributed by atoms with E-state index in [1.54, 1.807) is 48.0 Å². The minimum atomic E-state index is -0.427. The van der Waals surface area contributed by atoms with E-state index in [4.69, 9.17) is 0 Å². The predicted molar refractivity (Wildman–Crippen MR) is 88.7 cm³/mol. The molecule has 2 heterocycles. The van der Waals surface area contributed by atoms with Crippen LogP contribution < -0.4 is 10.6 Å². The number of carbonyl (C=O) groups is 2. The van der Waals surface area contributed by atoms with Crippen LogP contribution in [-0.2, 0) is 0 Å². The summed E-state index contributed by atoms with van der Waals surface area (Å²) in [4.78, 5) is 32.6. The monoisotopic (exact) mass is 324 g/mol. The minimum absolute atomic E-state index is 0.131. The first-order valence-electron chi connectivity index (χ1n) is 6.76. The van der Waals surface area contributed by atoms with Crippen LogP contribution in [0, 0.1) is 0 Å². The van der Waals surface area contributed by atoms with Crippen LogP contribution in [0.4, 0.5) is 10.8 Å². The Balaban J connectivity index is 1.80. The lowest BCUT2D eigenvalue weighted by Gasteiger charge is -2.09. The molecule has 2 aromatic heterocycles. The Hall–Kier alpha value is -3.06. The van der Waals surface area contributed by atoms with Crippen LogP contribution in [0.5, 0.6) is 0 Å². The molecule has 0 fully saturated rings. The Morgan fingerprint density at radius 3 is 2.43 bits per heavy atom. The third kappa shape index (κ3) is 3.58. The number of hydrogen-bond acceptors (Lipinski definition) is 5. The second kappa shape index (κ2) is 6.80. The van der Waals surface area contributed by atoms with E-state index < -0.39 is 5.91 Å². The van der Waals surface area contributed by atoms with Gasteiger partial charge in [-0.15, -0.1) is 11.3 Å². The van der Waals surface area contributed by atoms with Gasteiger partial charge in [-0.25, -0.2) is 9.97 Å². The molecule has 3 aromatic rings. The van der Waals surface area contributed by atoms with E-state index in [1.807, 2.05) is 6.07 Å². The van der Waals surface area contributed by atoms with Gasteiger partial charge < -0.3 is 5.32 Å². The van der Waals surface area contributed by atoms with Gasteiger partial charge in [0.1, 0.15) is 0 Å². The number of anilines is 2.